The molecule has 1 atom stereocenters. The molecule has 1 aromatic heterocycles. The van der Waals surface area contributed by atoms with E-state index in [1.807, 2.05) is 24.3 Å². The van der Waals surface area contributed by atoms with Gasteiger partial charge in [0, 0.05) is 13.1 Å². The van der Waals surface area contributed by atoms with Crippen LogP contribution < -0.4 is 4.74 Å². The lowest BCUT2D eigenvalue weighted by atomic mass is 10.1. The maximum absolute atomic E-state index is 12.9. The van der Waals surface area contributed by atoms with E-state index in [1.165, 1.54) is 17.7 Å². The van der Waals surface area contributed by atoms with E-state index in [4.69, 9.17) is 14.4 Å². The van der Waals surface area contributed by atoms with Gasteiger partial charge in [0.1, 0.15) is 11.6 Å². The SMILES string of the molecule is N#Cc1ccc(CN2CC[C@H](c3nnc(COc4ccc(F)cc4)o3)C2)cc1. The summed E-state index contributed by atoms with van der Waals surface area (Å²) in [7, 11) is 0. The second-order valence-electron chi connectivity index (χ2n) is 6.81. The molecule has 7 heteroatoms. The van der Waals surface area contributed by atoms with Crippen LogP contribution in [0, 0.1) is 17.1 Å². The largest absolute Gasteiger partial charge is 0.484 e. The maximum atomic E-state index is 12.9. The minimum absolute atomic E-state index is 0.153. The Morgan fingerprint density at radius 1 is 1.14 bits per heavy atom. The smallest absolute Gasteiger partial charge is 0.253 e. The van der Waals surface area contributed by atoms with Gasteiger partial charge in [0.15, 0.2) is 6.61 Å². The average molecular weight is 378 g/mol. The van der Waals surface area contributed by atoms with Crippen molar-refractivity contribution < 1.29 is 13.5 Å². The van der Waals surface area contributed by atoms with Gasteiger partial charge in [0.25, 0.3) is 5.89 Å². The van der Waals surface area contributed by atoms with E-state index >= 15 is 0 Å². The topological polar surface area (TPSA) is 75.2 Å². The van der Waals surface area contributed by atoms with Crippen LogP contribution in [-0.2, 0) is 13.2 Å². The summed E-state index contributed by atoms with van der Waals surface area (Å²) in [5, 5.41) is 17.1. The Hall–Kier alpha value is -3.24. The van der Waals surface area contributed by atoms with Crippen molar-refractivity contribution >= 4 is 0 Å². The van der Waals surface area contributed by atoms with Crippen molar-refractivity contribution in [2.24, 2.45) is 0 Å². The number of nitrogens with zero attached hydrogens (tertiary/aromatic N) is 4. The van der Waals surface area contributed by atoms with Gasteiger partial charge in [-0.2, -0.15) is 5.26 Å². The van der Waals surface area contributed by atoms with Crippen molar-refractivity contribution in [2.45, 2.75) is 25.5 Å². The number of aromatic nitrogens is 2. The van der Waals surface area contributed by atoms with Crippen LogP contribution >= 0.6 is 0 Å². The molecule has 0 amide bonds. The Kier molecular flexibility index (Phi) is 5.31. The molecule has 1 aliphatic rings. The summed E-state index contributed by atoms with van der Waals surface area (Å²) < 4.78 is 24.2. The fraction of sp³-hybridized carbons (Fsp3) is 0.286. The highest BCUT2D eigenvalue weighted by Gasteiger charge is 2.28. The second-order valence-corrected chi connectivity index (χ2v) is 6.81. The third-order valence-corrected chi connectivity index (χ3v) is 4.77. The van der Waals surface area contributed by atoms with E-state index in [1.54, 1.807) is 12.1 Å². The summed E-state index contributed by atoms with van der Waals surface area (Å²) in [5.41, 5.74) is 1.85. The summed E-state index contributed by atoms with van der Waals surface area (Å²) in [6, 6.07) is 15.6. The van der Waals surface area contributed by atoms with Crippen molar-refractivity contribution in [1.82, 2.24) is 15.1 Å². The summed E-state index contributed by atoms with van der Waals surface area (Å²) >= 11 is 0. The first-order valence-electron chi connectivity index (χ1n) is 9.11. The third-order valence-electron chi connectivity index (χ3n) is 4.77. The van der Waals surface area contributed by atoms with Gasteiger partial charge in [0.05, 0.1) is 17.6 Å². The average Bonchev–Trinajstić information content (AvgIpc) is 3.38. The Balaban J connectivity index is 1.30. The number of likely N-dealkylation sites (tertiary alicyclic amines) is 1. The van der Waals surface area contributed by atoms with Gasteiger partial charge in [-0.15, -0.1) is 10.2 Å². The zero-order valence-electron chi connectivity index (χ0n) is 15.2. The lowest BCUT2D eigenvalue weighted by Gasteiger charge is -2.15. The van der Waals surface area contributed by atoms with Gasteiger partial charge in [-0.25, -0.2) is 4.39 Å². The number of halogens is 1. The number of hydrogen-bond acceptors (Lipinski definition) is 6. The van der Waals surface area contributed by atoms with Crippen LogP contribution in [0.2, 0.25) is 0 Å². The van der Waals surface area contributed by atoms with Gasteiger partial charge in [-0.3, -0.25) is 4.90 Å². The van der Waals surface area contributed by atoms with Crippen LogP contribution in [0.15, 0.2) is 52.9 Å². The molecular formula is C21H19FN4O2. The molecule has 2 heterocycles. The van der Waals surface area contributed by atoms with Crippen LogP contribution in [0.1, 0.15) is 35.2 Å². The molecule has 0 aliphatic carbocycles. The number of rotatable bonds is 6. The van der Waals surface area contributed by atoms with E-state index in [0.717, 1.165) is 26.1 Å². The van der Waals surface area contributed by atoms with Crippen molar-refractivity contribution in [3.8, 4) is 11.8 Å². The fourth-order valence-corrected chi connectivity index (χ4v) is 3.29. The molecule has 2 aromatic carbocycles. The van der Waals surface area contributed by atoms with E-state index in [-0.39, 0.29) is 18.3 Å². The molecule has 6 nitrogen and oxygen atoms in total. The molecular weight excluding hydrogens is 359 g/mol. The molecule has 1 aliphatic heterocycles. The molecule has 0 bridgehead atoms. The minimum Gasteiger partial charge on any atom is -0.484 e. The molecule has 0 N–H and O–H groups in total. The summed E-state index contributed by atoms with van der Waals surface area (Å²) in [6.45, 7) is 2.78. The fourth-order valence-electron chi connectivity index (χ4n) is 3.29. The first kappa shape index (κ1) is 18.1. The highest BCUT2D eigenvalue weighted by atomic mass is 19.1. The number of hydrogen-bond donors (Lipinski definition) is 0. The van der Waals surface area contributed by atoms with Crippen LogP contribution in [0.3, 0.4) is 0 Å². The zero-order valence-corrected chi connectivity index (χ0v) is 15.2. The molecule has 142 valence electrons. The molecule has 0 saturated carbocycles. The maximum Gasteiger partial charge on any atom is 0.253 e. The zero-order chi connectivity index (χ0) is 19.3. The summed E-state index contributed by atoms with van der Waals surface area (Å²) in [4.78, 5) is 2.34. The Bertz CT molecular complexity index is 963. The van der Waals surface area contributed by atoms with E-state index in [0.29, 0.717) is 23.1 Å². The molecule has 28 heavy (non-hydrogen) atoms. The summed E-state index contributed by atoms with van der Waals surface area (Å²) in [5.74, 6) is 1.48. The molecule has 1 saturated heterocycles. The standard InChI is InChI=1S/C21H19FN4O2/c22-18-5-7-19(8-6-18)27-14-20-24-25-21(28-20)17-9-10-26(13-17)12-16-3-1-15(11-23)2-4-16/h1-8,17H,9-10,12-14H2/t17-/m0/s1. The Morgan fingerprint density at radius 3 is 2.68 bits per heavy atom. The van der Waals surface area contributed by atoms with E-state index < -0.39 is 0 Å². The number of nitriles is 1. The minimum atomic E-state index is -0.306. The van der Waals surface area contributed by atoms with E-state index in [2.05, 4.69) is 21.2 Å². The Morgan fingerprint density at radius 2 is 1.93 bits per heavy atom. The predicted molar refractivity (Wildman–Crippen MR) is 98.8 cm³/mol. The molecule has 4 rings (SSSR count). The highest BCUT2D eigenvalue weighted by Crippen LogP contribution is 2.27. The van der Waals surface area contributed by atoms with Crippen LogP contribution in [0.25, 0.3) is 0 Å². The van der Waals surface area contributed by atoms with Gasteiger partial charge >= 0.3 is 0 Å². The van der Waals surface area contributed by atoms with Crippen LogP contribution in [-0.4, -0.2) is 28.2 Å². The van der Waals surface area contributed by atoms with Crippen LogP contribution in [0.5, 0.6) is 5.75 Å². The summed E-state index contributed by atoms with van der Waals surface area (Å²) in [6.07, 6.45) is 0.955. The third kappa shape index (κ3) is 4.35. The van der Waals surface area contributed by atoms with Crippen molar-refractivity contribution in [2.75, 3.05) is 13.1 Å². The predicted octanol–water partition coefficient (Wildman–Crippen LogP) is 3.65. The second kappa shape index (κ2) is 8.19. The van der Waals surface area contributed by atoms with Gasteiger partial charge in [-0.1, -0.05) is 12.1 Å². The molecule has 3 aromatic rings. The van der Waals surface area contributed by atoms with Crippen LogP contribution in [0.4, 0.5) is 4.39 Å². The van der Waals surface area contributed by atoms with Gasteiger partial charge < -0.3 is 9.15 Å². The number of ether oxygens (including phenoxy) is 1. The molecule has 1 fully saturated rings. The van der Waals surface area contributed by atoms with Gasteiger partial charge in [0.2, 0.25) is 5.89 Å². The number of benzene rings is 2. The Labute approximate surface area is 162 Å². The lowest BCUT2D eigenvalue weighted by Crippen LogP contribution is -2.19. The monoisotopic (exact) mass is 378 g/mol. The first-order valence-corrected chi connectivity index (χ1v) is 9.11. The molecule has 0 unspecified atom stereocenters. The first-order chi connectivity index (χ1) is 13.7. The van der Waals surface area contributed by atoms with Gasteiger partial charge in [-0.05, 0) is 54.9 Å². The van der Waals surface area contributed by atoms with E-state index in [9.17, 15) is 4.39 Å². The lowest BCUT2D eigenvalue weighted by molar-refractivity contribution is 0.255. The molecule has 0 radical (unpaired) electrons. The molecule has 0 spiro atoms. The van der Waals surface area contributed by atoms with Crippen molar-refractivity contribution in [1.29, 1.82) is 5.26 Å². The normalized spacial score (nSPS) is 16.8. The van der Waals surface area contributed by atoms with Crippen molar-refractivity contribution in [3.63, 3.8) is 0 Å². The quantitative estimate of drug-likeness (QED) is 0.652. The highest BCUT2D eigenvalue weighted by molar-refractivity contribution is 5.31. The van der Waals surface area contributed by atoms with Crippen molar-refractivity contribution in [3.05, 3.63) is 77.3 Å².